The van der Waals surface area contributed by atoms with E-state index in [4.69, 9.17) is 16.3 Å². The number of halogens is 7. The second-order valence-corrected chi connectivity index (χ2v) is 8.86. The molecule has 1 N–H and O–H groups in total. The number of rotatable bonds is 6. The average molecular weight is 587 g/mol. The van der Waals surface area contributed by atoms with Crippen LogP contribution in [0.3, 0.4) is 0 Å². The van der Waals surface area contributed by atoms with E-state index < -0.39 is 41.6 Å². The van der Waals surface area contributed by atoms with Crippen molar-refractivity contribution < 1.29 is 31.5 Å². The molecule has 0 bridgehead atoms. The van der Waals surface area contributed by atoms with Crippen LogP contribution in [0.5, 0.6) is 11.6 Å². The zero-order valence-corrected chi connectivity index (χ0v) is 20.3. The number of nitrogens with one attached hydrogen (secondary N) is 1. The molecule has 0 spiro atoms. The number of hydrogen-bond acceptors (Lipinski definition) is 4. The summed E-state index contributed by atoms with van der Waals surface area (Å²) in [6.07, 6.45) is -4.63. The third-order valence-electron chi connectivity index (χ3n) is 5.03. The zero-order valence-electron chi connectivity index (χ0n) is 17.9. The molecule has 12 heteroatoms. The number of carbonyl (C=O) groups is 1. The van der Waals surface area contributed by atoms with Crippen LogP contribution in [0.25, 0.3) is 10.9 Å². The number of nitrogens with zero attached hydrogens (tertiary/aromatic N) is 2. The first kappa shape index (κ1) is 25.8. The maximum atomic E-state index is 14.9. The van der Waals surface area contributed by atoms with E-state index in [-0.39, 0.29) is 27.2 Å². The molecule has 0 aliphatic rings. The third kappa shape index (κ3) is 5.57. The quantitative estimate of drug-likeness (QED) is 0.240. The minimum absolute atomic E-state index is 0.201. The van der Waals surface area contributed by atoms with Crippen molar-refractivity contribution in [1.29, 1.82) is 0 Å². The fourth-order valence-corrected chi connectivity index (χ4v) is 4.15. The van der Waals surface area contributed by atoms with Crippen LogP contribution in [0.2, 0.25) is 5.02 Å². The van der Waals surface area contributed by atoms with Crippen LogP contribution in [0.15, 0.2) is 71.2 Å². The van der Waals surface area contributed by atoms with Gasteiger partial charge in [-0.15, -0.1) is 10.2 Å². The molecule has 4 aromatic rings. The largest absolute Gasteiger partial charge is 0.437 e. The number of fused-ring (bicyclic) bond motifs is 1. The van der Waals surface area contributed by atoms with Crippen molar-refractivity contribution in [1.82, 2.24) is 15.5 Å². The molecule has 0 saturated carbocycles. The number of hydrogen-bond donors (Lipinski definition) is 1. The van der Waals surface area contributed by atoms with E-state index >= 15 is 0 Å². The molecule has 3 aromatic carbocycles. The Kier molecular flexibility index (Phi) is 7.14. The van der Waals surface area contributed by atoms with Crippen molar-refractivity contribution >= 4 is 44.3 Å². The summed E-state index contributed by atoms with van der Waals surface area (Å²) >= 11 is 9.08. The maximum Gasteiger partial charge on any atom is 0.416 e. The second kappa shape index (κ2) is 9.98. The zero-order chi connectivity index (χ0) is 26.1. The molecule has 0 unspecified atom stereocenters. The Balaban J connectivity index is 1.67. The van der Waals surface area contributed by atoms with Gasteiger partial charge in [-0.1, -0.05) is 57.9 Å². The van der Waals surface area contributed by atoms with Gasteiger partial charge in [0.25, 0.3) is 17.7 Å². The van der Waals surface area contributed by atoms with Gasteiger partial charge >= 0.3 is 6.18 Å². The number of ether oxygens (including phenoxy) is 1. The van der Waals surface area contributed by atoms with Gasteiger partial charge < -0.3 is 10.1 Å². The highest BCUT2D eigenvalue weighted by Crippen LogP contribution is 2.36. The predicted octanol–water partition coefficient (Wildman–Crippen LogP) is 7.38. The van der Waals surface area contributed by atoms with Crippen LogP contribution in [0.1, 0.15) is 21.5 Å². The fraction of sp³-hybridized carbons (Fsp3) is 0.125. The van der Waals surface area contributed by atoms with Crippen LogP contribution in [-0.4, -0.2) is 22.6 Å². The van der Waals surface area contributed by atoms with E-state index in [1.54, 1.807) is 12.1 Å². The first-order valence-corrected chi connectivity index (χ1v) is 11.3. The Morgan fingerprint density at radius 1 is 0.972 bits per heavy atom. The van der Waals surface area contributed by atoms with Crippen LogP contribution < -0.4 is 10.1 Å². The SMILES string of the molecule is O=C(NCC(F)(F)c1ccc(Br)cc1Cl)c1c(Oc2cccc(C(F)(F)F)c2)nnc2ccccc12. The summed E-state index contributed by atoms with van der Waals surface area (Å²) < 4.78 is 75.0. The molecule has 1 heterocycles. The lowest BCUT2D eigenvalue weighted by atomic mass is 10.1. The molecular formula is C24H14BrClF5N3O2. The van der Waals surface area contributed by atoms with Gasteiger partial charge in [0.1, 0.15) is 11.3 Å². The molecule has 0 atom stereocenters. The second-order valence-electron chi connectivity index (χ2n) is 7.54. The molecule has 1 amide bonds. The van der Waals surface area contributed by atoms with Gasteiger partial charge in [-0.25, -0.2) is 0 Å². The van der Waals surface area contributed by atoms with Crippen molar-refractivity contribution in [2.45, 2.75) is 12.1 Å². The van der Waals surface area contributed by atoms with Crippen LogP contribution in [0, 0.1) is 0 Å². The van der Waals surface area contributed by atoms with Crippen molar-refractivity contribution in [3.05, 3.63) is 92.9 Å². The lowest BCUT2D eigenvalue weighted by Crippen LogP contribution is -2.35. The van der Waals surface area contributed by atoms with Crippen LogP contribution in [0.4, 0.5) is 22.0 Å². The Bertz CT molecular complexity index is 1450. The topological polar surface area (TPSA) is 64.1 Å². The number of carbonyl (C=O) groups excluding carboxylic acids is 1. The lowest BCUT2D eigenvalue weighted by molar-refractivity contribution is -0.137. The summed E-state index contributed by atoms with van der Waals surface area (Å²) in [7, 11) is 0. The van der Waals surface area contributed by atoms with Crippen LogP contribution in [-0.2, 0) is 12.1 Å². The summed E-state index contributed by atoms with van der Waals surface area (Å²) in [6, 6.07) is 14.0. The van der Waals surface area contributed by atoms with E-state index in [0.717, 1.165) is 24.3 Å². The standard InChI is InChI=1S/C24H14BrClF5N3O2/c25-14-8-9-17(18(26)11-14)23(27,28)12-32-21(35)20-16-6-1-2-7-19(16)33-34-22(20)36-15-5-3-4-13(10-15)24(29,30)31/h1-11H,12H2,(H,32,35). The molecule has 1 aromatic heterocycles. The predicted molar refractivity (Wildman–Crippen MR) is 126 cm³/mol. The molecule has 0 aliphatic carbocycles. The monoisotopic (exact) mass is 585 g/mol. The molecular weight excluding hydrogens is 573 g/mol. The maximum absolute atomic E-state index is 14.9. The molecule has 0 fully saturated rings. The average Bonchev–Trinajstić information content (AvgIpc) is 2.82. The number of aromatic nitrogens is 2. The highest BCUT2D eigenvalue weighted by atomic mass is 79.9. The minimum Gasteiger partial charge on any atom is -0.437 e. The van der Waals surface area contributed by atoms with Crippen molar-refractivity contribution in [2.75, 3.05) is 6.54 Å². The first-order valence-electron chi connectivity index (χ1n) is 10.2. The van der Waals surface area contributed by atoms with Gasteiger partial charge in [-0.2, -0.15) is 22.0 Å². The van der Waals surface area contributed by atoms with Crippen LogP contribution >= 0.6 is 27.5 Å². The summed E-state index contributed by atoms with van der Waals surface area (Å²) in [5.41, 5.74) is -1.49. The van der Waals surface area contributed by atoms with Crippen molar-refractivity contribution in [2.24, 2.45) is 0 Å². The fourth-order valence-electron chi connectivity index (χ4n) is 3.34. The number of amides is 1. The van der Waals surface area contributed by atoms with E-state index in [1.165, 1.54) is 30.3 Å². The molecule has 0 saturated heterocycles. The summed E-state index contributed by atoms with van der Waals surface area (Å²) in [5, 5.41) is 9.89. The smallest absolute Gasteiger partial charge is 0.416 e. The summed E-state index contributed by atoms with van der Waals surface area (Å²) in [5.74, 6) is -5.24. The van der Waals surface area contributed by atoms with Gasteiger partial charge in [0.2, 0.25) is 0 Å². The van der Waals surface area contributed by atoms with Crippen molar-refractivity contribution in [3.8, 4) is 11.6 Å². The normalized spacial score (nSPS) is 12.0. The molecule has 5 nitrogen and oxygen atoms in total. The van der Waals surface area contributed by atoms with E-state index in [9.17, 15) is 26.7 Å². The summed E-state index contributed by atoms with van der Waals surface area (Å²) in [6.45, 7) is -1.12. The number of benzene rings is 3. The Morgan fingerprint density at radius 2 is 1.72 bits per heavy atom. The summed E-state index contributed by atoms with van der Waals surface area (Å²) in [4.78, 5) is 13.1. The van der Waals surface area contributed by atoms with Gasteiger partial charge in [0.05, 0.1) is 22.6 Å². The first-order chi connectivity index (χ1) is 17.0. The van der Waals surface area contributed by atoms with Gasteiger partial charge in [0, 0.05) is 15.4 Å². The lowest BCUT2D eigenvalue weighted by Gasteiger charge is -2.19. The van der Waals surface area contributed by atoms with Crippen molar-refractivity contribution in [3.63, 3.8) is 0 Å². The Hall–Kier alpha value is -3.31. The van der Waals surface area contributed by atoms with E-state index in [1.807, 2.05) is 0 Å². The van der Waals surface area contributed by atoms with Gasteiger partial charge in [0.15, 0.2) is 0 Å². The Labute approximate surface area is 214 Å². The highest BCUT2D eigenvalue weighted by Gasteiger charge is 2.35. The van der Waals surface area contributed by atoms with Gasteiger partial charge in [-0.05, 0) is 36.4 Å². The molecule has 0 aliphatic heterocycles. The highest BCUT2D eigenvalue weighted by molar-refractivity contribution is 9.10. The molecule has 36 heavy (non-hydrogen) atoms. The molecule has 4 rings (SSSR count). The Morgan fingerprint density at radius 3 is 2.44 bits per heavy atom. The third-order valence-corrected chi connectivity index (χ3v) is 5.84. The number of alkyl halides is 5. The molecule has 186 valence electrons. The van der Waals surface area contributed by atoms with Gasteiger partial charge in [-0.3, -0.25) is 4.79 Å². The van der Waals surface area contributed by atoms with E-state index in [0.29, 0.717) is 4.47 Å². The van der Waals surface area contributed by atoms with E-state index in [2.05, 4.69) is 31.4 Å². The minimum atomic E-state index is -4.63. The molecule has 0 radical (unpaired) electrons.